The van der Waals surface area contributed by atoms with E-state index in [-0.39, 0.29) is 17.1 Å². The third-order valence-electron chi connectivity index (χ3n) is 3.22. The minimum atomic E-state index is -3.36. The Bertz CT molecular complexity index is 567. The van der Waals surface area contributed by atoms with E-state index in [0.717, 1.165) is 0 Å². The highest BCUT2D eigenvalue weighted by atomic mass is 32.2. The summed E-state index contributed by atoms with van der Waals surface area (Å²) in [5.41, 5.74) is -0.983. The lowest BCUT2D eigenvalue weighted by molar-refractivity contribution is -0.145. The molecule has 6 heteroatoms. The van der Waals surface area contributed by atoms with Crippen LogP contribution in [0.25, 0.3) is 0 Å². The molecule has 0 saturated carbocycles. The van der Waals surface area contributed by atoms with Crippen molar-refractivity contribution in [1.29, 1.82) is 0 Å². The first kappa shape index (κ1) is 12.1. The van der Waals surface area contributed by atoms with Crippen molar-refractivity contribution in [3.8, 4) is 0 Å². The van der Waals surface area contributed by atoms with Gasteiger partial charge in [-0.15, -0.1) is 0 Å². The number of carboxylic acid groups (broad SMARTS) is 1. The van der Waals surface area contributed by atoms with E-state index >= 15 is 0 Å². The van der Waals surface area contributed by atoms with Crippen LogP contribution in [-0.2, 0) is 20.2 Å². The number of benzene rings is 1. The minimum Gasteiger partial charge on any atom is -0.480 e. The van der Waals surface area contributed by atoms with Gasteiger partial charge in [0.1, 0.15) is 5.54 Å². The van der Waals surface area contributed by atoms with Crippen LogP contribution < -0.4 is 5.32 Å². The predicted molar refractivity (Wildman–Crippen MR) is 61.5 cm³/mol. The van der Waals surface area contributed by atoms with Gasteiger partial charge in [-0.05, 0) is 19.5 Å². The van der Waals surface area contributed by atoms with Crippen LogP contribution in [0.1, 0.15) is 12.0 Å². The van der Waals surface area contributed by atoms with Crippen LogP contribution in [0.15, 0.2) is 29.2 Å². The van der Waals surface area contributed by atoms with Gasteiger partial charge in [0.15, 0.2) is 9.84 Å². The molecule has 1 aromatic rings. The zero-order valence-electron chi connectivity index (χ0n) is 9.30. The van der Waals surface area contributed by atoms with Gasteiger partial charge in [-0.25, -0.2) is 13.2 Å². The molecule has 92 valence electrons. The van der Waals surface area contributed by atoms with Gasteiger partial charge in [0.25, 0.3) is 0 Å². The summed E-state index contributed by atoms with van der Waals surface area (Å²) in [4.78, 5) is 11.5. The Morgan fingerprint density at radius 3 is 2.65 bits per heavy atom. The van der Waals surface area contributed by atoms with Gasteiger partial charge in [-0.2, -0.15) is 0 Å². The fourth-order valence-electron chi connectivity index (χ4n) is 2.21. The van der Waals surface area contributed by atoms with Crippen molar-refractivity contribution in [2.45, 2.75) is 16.9 Å². The molecule has 5 nitrogen and oxygen atoms in total. The molecule has 1 atom stereocenters. The number of carbonyl (C=O) groups is 1. The minimum absolute atomic E-state index is 0.0399. The molecule has 0 saturated heterocycles. The van der Waals surface area contributed by atoms with Crippen molar-refractivity contribution in [3.63, 3.8) is 0 Å². The quantitative estimate of drug-likeness (QED) is 0.797. The Kier molecular flexibility index (Phi) is 2.71. The van der Waals surface area contributed by atoms with Crippen LogP contribution in [0, 0.1) is 0 Å². The molecule has 2 N–H and O–H groups in total. The van der Waals surface area contributed by atoms with E-state index in [0.29, 0.717) is 5.56 Å². The van der Waals surface area contributed by atoms with Gasteiger partial charge >= 0.3 is 5.97 Å². The molecule has 0 aliphatic carbocycles. The fourth-order valence-corrected chi connectivity index (χ4v) is 3.87. The van der Waals surface area contributed by atoms with E-state index < -0.39 is 21.3 Å². The molecule has 1 heterocycles. The fraction of sp³-hybridized carbons (Fsp3) is 0.364. The SMILES string of the molecule is CNC1(C(=O)O)CCS(=O)(=O)c2ccccc21. The summed E-state index contributed by atoms with van der Waals surface area (Å²) in [6.45, 7) is 0. The summed E-state index contributed by atoms with van der Waals surface area (Å²) in [7, 11) is -1.83. The largest absolute Gasteiger partial charge is 0.480 e. The normalized spacial score (nSPS) is 26.2. The molecule has 2 rings (SSSR count). The number of hydrogen-bond donors (Lipinski definition) is 2. The number of carboxylic acids is 1. The summed E-state index contributed by atoms with van der Waals surface area (Å²) >= 11 is 0. The van der Waals surface area contributed by atoms with E-state index in [4.69, 9.17) is 0 Å². The van der Waals surface area contributed by atoms with E-state index in [9.17, 15) is 18.3 Å². The van der Waals surface area contributed by atoms with E-state index in [1.165, 1.54) is 13.1 Å². The first-order valence-corrected chi connectivity index (χ1v) is 6.84. The van der Waals surface area contributed by atoms with Gasteiger partial charge in [0, 0.05) is 5.56 Å². The molecular weight excluding hydrogens is 242 g/mol. The zero-order chi connectivity index (χ0) is 12.7. The van der Waals surface area contributed by atoms with Crippen molar-refractivity contribution in [2.24, 2.45) is 0 Å². The molecule has 0 radical (unpaired) electrons. The lowest BCUT2D eigenvalue weighted by atomic mass is 9.87. The van der Waals surface area contributed by atoms with E-state index in [1.807, 2.05) is 0 Å². The second kappa shape index (κ2) is 3.82. The maximum absolute atomic E-state index is 11.9. The second-order valence-electron chi connectivity index (χ2n) is 4.03. The standard InChI is InChI=1S/C11H13NO4S/c1-12-11(10(13)14)6-7-17(15,16)9-5-3-2-4-8(9)11/h2-5,12H,6-7H2,1H3,(H,13,14). The highest BCUT2D eigenvalue weighted by Gasteiger charge is 2.46. The van der Waals surface area contributed by atoms with Gasteiger partial charge in [-0.3, -0.25) is 0 Å². The third-order valence-corrected chi connectivity index (χ3v) is 4.99. The predicted octanol–water partition coefficient (Wildman–Crippen LogP) is 0.363. The van der Waals surface area contributed by atoms with Crippen LogP contribution in [0.5, 0.6) is 0 Å². The number of hydrogen-bond acceptors (Lipinski definition) is 4. The Balaban J connectivity index is 2.75. The Hall–Kier alpha value is -1.40. The molecule has 0 spiro atoms. The van der Waals surface area contributed by atoms with E-state index in [1.54, 1.807) is 18.2 Å². The molecule has 1 aromatic carbocycles. The lowest BCUT2D eigenvalue weighted by Gasteiger charge is -2.34. The molecule has 0 aromatic heterocycles. The molecular formula is C11H13NO4S. The average Bonchev–Trinajstić information content (AvgIpc) is 2.30. The maximum atomic E-state index is 11.9. The topological polar surface area (TPSA) is 83.5 Å². The average molecular weight is 255 g/mol. The van der Waals surface area contributed by atoms with Gasteiger partial charge < -0.3 is 10.4 Å². The molecule has 1 aliphatic heterocycles. The number of likely N-dealkylation sites (N-methyl/N-ethyl adjacent to an activating group) is 1. The number of rotatable bonds is 2. The van der Waals surface area contributed by atoms with Crippen molar-refractivity contribution in [1.82, 2.24) is 5.32 Å². The first-order chi connectivity index (χ1) is 7.94. The third kappa shape index (κ3) is 1.64. The van der Waals surface area contributed by atoms with Crippen LogP contribution >= 0.6 is 0 Å². The number of aliphatic carboxylic acids is 1. The van der Waals surface area contributed by atoms with Crippen LogP contribution in [-0.4, -0.2) is 32.3 Å². The summed E-state index contributed by atoms with van der Waals surface area (Å²) < 4.78 is 23.8. The van der Waals surface area contributed by atoms with Crippen molar-refractivity contribution < 1.29 is 18.3 Å². The highest BCUT2D eigenvalue weighted by Crippen LogP contribution is 2.36. The Labute approximate surface area is 99.4 Å². The van der Waals surface area contributed by atoms with E-state index in [2.05, 4.69) is 5.32 Å². The summed E-state index contributed by atoms with van der Waals surface area (Å²) in [6, 6.07) is 6.26. The van der Waals surface area contributed by atoms with Crippen molar-refractivity contribution in [3.05, 3.63) is 29.8 Å². The summed E-state index contributed by atoms with van der Waals surface area (Å²) in [5.74, 6) is -1.21. The molecule has 17 heavy (non-hydrogen) atoms. The number of nitrogens with one attached hydrogen (secondary N) is 1. The van der Waals surface area contributed by atoms with Crippen molar-refractivity contribution in [2.75, 3.05) is 12.8 Å². The smallest absolute Gasteiger partial charge is 0.328 e. The molecule has 0 fully saturated rings. The van der Waals surface area contributed by atoms with Gasteiger partial charge in [-0.1, -0.05) is 18.2 Å². The monoisotopic (exact) mass is 255 g/mol. The maximum Gasteiger partial charge on any atom is 0.328 e. The first-order valence-electron chi connectivity index (χ1n) is 5.18. The lowest BCUT2D eigenvalue weighted by Crippen LogP contribution is -2.51. The summed E-state index contributed by atoms with van der Waals surface area (Å²) in [5, 5.41) is 12.1. The number of sulfone groups is 1. The highest BCUT2D eigenvalue weighted by molar-refractivity contribution is 7.91. The van der Waals surface area contributed by atoms with Gasteiger partial charge in [0.05, 0.1) is 10.6 Å². The van der Waals surface area contributed by atoms with Crippen molar-refractivity contribution >= 4 is 15.8 Å². The second-order valence-corrected chi connectivity index (χ2v) is 6.10. The zero-order valence-corrected chi connectivity index (χ0v) is 10.1. The molecule has 0 amide bonds. The number of fused-ring (bicyclic) bond motifs is 1. The molecule has 1 aliphatic rings. The van der Waals surface area contributed by atoms with Crippen LogP contribution in [0.4, 0.5) is 0 Å². The Morgan fingerprint density at radius 2 is 2.06 bits per heavy atom. The van der Waals surface area contributed by atoms with Crippen LogP contribution in [0.2, 0.25) is 0 Å². The molecule has 1 unspecified atom stereocenters. The summed E-state index contributed by atoms with van der Waals surface area (Å²) in [6.07, 6.45) is 0.0399. The molecule has 0 bridgehead atoms. The van der Waals surface area contributed by atoms with Gasteiger partial charge in [0.2, 0.25) is 0 Å². The van der Waals surface area contributed by atoms with Crippen LogP contribution in [0.3, 0.4) is 0 Å². The Morgan fingerprint density at radius 1 is 1.41 bits per heavy atom.